The molecule has 1 aliphatic rings. The number of nitrogens with one attached hydrogen (secondary N) is 1. The van der Waals surface area contributed by atoms with Gasteiger partial charge in [-0.15, -0.1) is 0 Å². The number of benzene rings is 4. The molecule has 4 aromatic rings. The van der Waals surface area contributed by atoms with Crippen molar-refractivity contribution in [2.24, 2.45) is 5.92 Å². The molecular weight excluding hydrogens is 464 g/mol. The SMILES string of the molecule is C[C@@H](NC[C@@H]1CN(C(=O)Oc2ccccc2C(=O)O)C[C@@H]1c1ccccc1)c1cccc2ccccc12. The summed E-state index contributed by atoms with van der Waals surface area (Å²) in [5, 5.41) is 15.6. The second kappa shape index (κ2) is 10.8. The minimum atomic E-state index is -1.13. The van der Waals surface area contributed by atoms with Gasteiger partial charge in [-0.2, -0.15) is 0 Å². The van der Waals surface area contributed by atoms with E-state index in [-0.39, 0.29) is 29.2 Å². The summed E-state index contributed by atoms with van der Waals surface area (Å²) in [5.41, 5.74) is 2.39. The van der Waals surface area contributed by atoms with Gasteiger partial charge in [0.2, 0.25) is 0 Å². The third kappa shape index (κ3) is 5.34. The number of aromatic carboxylic acids is 1. The average Bonchev–Trinajstić information content (AvgIpc) is 3.36. The Morgan fingerprint density at radius 1 is 0.919 bits per heavy atom. The van der Waals surface area contributed by atoms with Gasteiger partial charge in [-0.3, -0.25) is 0 Å². The summed E-state index contributed by atoms with van der Waals surface area (Å²) in [6.45, 7) is 3.92. The minimum absolute atomic E-state index is 0.0308. The van der Waals surface area contributed by atoms with Gasteiger partial charge in [0.25, 0.3) is 0 Å². The fraction of sp³-hybridized carbons (Fsp3) is 0.226. The Bertz CT molecular complexity index is 1400. The Balaban J connectivity index is 1.33. The average molecular weight is 495 g/mol. The zero-order valence-corrected chi connectivity index (χ0v) is 20.7. The molecular formula is C31H30N2O4. The number of nitrogens with zero attached hydrogens (tertiary/aromatic N) is 1. The van der Waals surface area contributed by atoms with Gasteiger partial charge >= 0.3 is 12.1 Å². The number of hydrogen-bond acceptors (Lipinski definition) is 4. The number of likely N-dealkylation sites (tertiary alicyclic amines) is 1. The van der Waals surface area contributed by atoms with Crippen LogP contribution in [0.4, 0.5) is 4.79 Å². The Kier molecular flexibility index (Phi) is 7.19. The lowest BCUT2D eigenvalue weighted by Gasteiger charge is -2.23. The van der Waals surface area contributed by atoms with Crippen molar-refractivity contribution in [1.82, 2.24) is 10.2 Å². The van der Waals surface area contributed by atoms with E-state index in [0.29, 0.717) is 13.1 Å². The number of carboxylic acid groups (broad SMARTS) is 1. The number of rotatable bonds is 7. The highest BCUT2D eigenvalue weighted by Gasteiger charge is 2.37. The Labute approximate surface area is 216 Å². The van der Waals surface area contributed by atoms with Crippen LogP contribution in [0.5, 0.6) is 5.75 Å². The number of hydrogen-bond donors (Lipinski definition) is 2. The van der Waals surface area contributed by atoms with Crippen molar-refractivity contribution in [2.75, 3.05) is 19.6 Å². The fourth-order valence-electron chi connectivity index (χ4n) is 5.26. The molecule has 0 spiro atoms. The fourth-order valence-corrected chi connectivity index (χ4v) is 5.26. The molecule has 0 saturated carbocycles. The van der Waals surface area contributed by atoms with Crippen LogP contribution >= 0.6 is 0 Å². The highest BCUT2D eigenvalue weighted by Crippen LogP contribution is 2.34. The molecule has 6 heteroatoms. The summed E-state index contributed by atoms with van der Waals surface area (Å²) >= 11 is 0. The highest BCUT2D eigenvalue weighted by molar-refractivity contribution is 5.92. The number of carbonyl (C=O) groups excluding carboxylic acids is 1. The van der Waals surface area contributed by atoms with Crippen molar-refractivity contribution < 1.29 is 19.4 Å². The second-order valence-electron chi connectivity index (χ2n) is 9.55. The first-order chi connectivity index (χ1) is 18.0. The van der Waals surface area contributed by atoms with Crippen LogP contribution in [0.1, 0.15) is 40.4 Å². The smallest absolute Gasteiger partial charge is 0.415 e. The zero-order valence-electron chi connectivity index (χ0n) is 20.7. The lowest BCUT2D eigenvalue weighted by Crippen LogP contribution is -2.33. The predicted molar refractivity (Wildman–Crippen MR) is 144 cm³/mol. The van der Waals surface area contributed by atoms with Crippen LogP contribution in [0.3, 0.4) is 0 Å². The first kappa shape index (κ1) is 24.5. The lowest BCUT2D eigenvalue weighted by molar-refractivity contribution is 0.0693. The van der Waals surface area contributed by atoms with Crippen LogP contribution in [0.15, 0.2) is 97.1 Å². The van der Waals surface area contributed by atoms with Crippen molar-refractivity contribution in [3.05, 3.63) is 114 Å². The normalized spacial score (nSPS) is 18.0. The van der Waals surface area contributed by atoms with Crippen molar-refractivity contribution in [3.63, 3.8) is 0 Å². The molecule has 0 radical (unpaired) electrons. The van der Waals surface area contributed by atoms with E-state index < -0.39 is 12.1 Å². The Morgan fingerprint density at radius 2 is 1.62 bits per heavy atom. The van der Waals surface area contributed by atoms with Gasteiger partial charge in [0.05, 0.1) is 0 Å². The number of fused-ring (bicyclic) bond motifs is 1. The molecule has 1 fully saturated rings. The van der Waals surface area contributed by atoms with Crippen LogP contribution < -0.4 is 10.1 Å². The van der Waals surface area contributed by atoms with E-state index in [4.69, 9.17) is 4.74 Å². The highest BCUT2D eigenvalue weighted by atomic mass is 16.6. The predicted octanol–water partition coefficient (Wildman–Crippen LogP) is 6.10. The molecule has 37 heavy (non-hydrogen) atoms. The largest absolute Gasteiger partial charge is 0.478 e. The maximum Gasteiger partial charge on any atom is 0.415 e. The first-order valence-electron chi connectivity index (χ1n) is 12.6. The van der Waals surface area contributed by atoms with E-state index in [1.165, 1.54) is 34.0 Å². The van der Waals surface area contributed by atoms with E-state index >= 15 is 0 Å². The van der Waals surface area contributed by atoms with Gasteiger partial charge in [-0.1, -0.05) is 84.9 Å². The Morgan fingerprint density at radius 3 is 2.43 bits per heavy atom. The molecule has 4 aromatic carbocycles. The van der Waals surface area contributed by atoms with E-state index in [1.54, 1.807) is 17.0 Å². The zero-order chi connectivity index (χ0) is 25.8. The van der Waals surface area contributed by atoms with E-state index in [0.717, 1.165) is 6.54 Å². The topological polar surface area (TPSA) is 78.9 Å². The molecule has 0 aromatic heterocycles. The first-order valence-corrected chi connectivity index (χ1v) is 12.6. The molecule has 5 rings (SSSR count). The summed E-state index contributed by atoms with van der Waals surface area (Å²) < 4.78 is 5.55. The summed E-state index contributed by atoms with van der Waals surface area (Å²) in [7, 11) is 0. The molecule has 3 atom stereocenters. The van der Waals surface area contributed by atoms with Crippen molar-refractivity contribution in [2.45, 2.75) is 18.9 Å². The molecule has 0 aliphatic carbocycles. The number of para-hydroxylation sites is 1. The van der Waals surface area contributed by atoms with Gasteiger partial charge in [-0.05, 0) is 46.9 Å². The van der Waals surface area contributed by atoms with Crippen LogP contribution in [0, 0.1) is 5.92 Å². The molecule has 1 aliphatic heterocycles. The molecule has 6 nitrogen and oxygen atoms in total. The standard InChI is InChI=1S/C31H30N2O4/c1-21(25-16-9-13-22-12-5-6-14-26(22)25)32-18-24-19-33(20-28(24)23-10-3-2-4-11-23)31(36)37-29-17-8-7-15-27(29)30(34)35/h2-17,21,24,28,32H,18-20H2,1H3,(H,34,35)/t21-,24-,28-/m1/s1. The second-order valence-corrected chi connectivity index (χ2v) is 9.55. The van der Waals surface area contributed by atoms with Crippen LogP contribution in [0.25, 0.3) is 10.8 Å². The number of carboxylic acids is 1. The minimum Gasteiger partial charge on any atom is -0.478 e. The van der Waals surface area contributed by atoms with Gasteiger partial charge in [0.1, 0.15) is 11.3 Å². The van der Waals surface area contributed by atoms with Crippen LogP contribution in [-0.2, 0) is 0 Å². The molecule has 0 bridgehead atoms. The lowest BCUT2D eigenvalue weighted by atomic mass is 9.88. The molecule has 1 saturated heterocycles. The summed E-state index contributed by atoms with van der Waals surface area (Å²) in [6.07, 6.45) is -0.528. The van der Waals surface area contributed by atoms with Crippen molar-refractivity contribution >= 4 is 22.8 Å². The van der Waals surface area contributed by atoms with Gasteiger partial charge < -0.3 is 20.1 Å². The van der Waals surface area contributed by atoms with Gasteiger partial charge in [-0.25, -0.2) is 9.59 Å². The van der Waals surface area contributed by atoms with Gasteiger partial charge in [0.15, 0.2) is 0 Å². The monoisotopic (exact) mass is 494 g/mol. The van der Waals surface area contributed by atoms with Crippen LogP contribution in [-0.4, -0.2) is 41.7 Å². The molecule has 2 N–H and O–H groups in total. The summed E-state index contributed by atoms with van der Waals surface area (Å²) in [5.74, 6) is -0.767. The maximum absolute atomic E-state index is 13.1. The van der Waals surface area contributed by atoms with Crippen molar-refractivity contribution in [1.29, 1.82) is 0 Å². The molecule has 1 heterocycles. The van der Waals surface area contributed by atoms with E-state index in [2.05, 4.69) is 66.8 Å². The molecule has 1 amide bonds. The number of carbonyl (C=O) groups is 2. The van der Waals surface area contributed by atoms with Gasteiger partial charge in [0, 0.05) is 31.6 Å². The number of ether oxygens (including phenoxy) is 1. The Hall–Kier alpha value is -4.16. The van der Waals surface area contributed by atoms with Crippen LogP contribution in [0.2, 0.25) is 0 Å². The third-order valence-electron chi connectivity index (χ3n) is 7.22. The third-order valence-corrected chi connectivity index (χ3v) is 7.22. The van der Waals surface area contributed by atoms with E-state index in [1.807, 2.05) is 18.2 Å². The summed E-state index contributed by atoms with van der Waals surface area (Å²) in [6, 6.07) is 31.3. The quantitative estimate of drug-likeness (QED) is 0.324. The maximum atomic E-state index is 13.1. The molecule has 188 valence electrons. The number of amides is 1. The van der Waals surface area contributed by atoms with E-state index in [9.17, 15) is 14.7 Å². The van der Waals surface area contributed by atoms with Crippen molar-refractivity contribution in [3.8, 4) is 5.75 Å². The summed E-state index contributed by atoms with van der Waals surface area (Å²) in [4.78, 5) is 26.3. The molecule has 0 unspecified atom stereocenters.